The molecule has 0 saturated carbocycles. The molecule has 2 aromatic rings. The van der Waals surface area contributed by atoms with Gasteiger partial charge in [0.15, 0.2) is 0 Å². The summed E-state index contributed by atoms with van der Waals surface area (Å²) in [5.74, 6) is 0. The van der Waals surface area contributed by atoms with Crippen molar-refractivity contribution in [3.05, 3.63) is 17.1 Å². The Morgan fingerprint density at radius 2 is 2.23 bits per heavy atom. The van der Waals surface area contributed by atoms with Gasteiger partial charge in [0.2, 0.25) is 0 Å². The first-order valence-corrected chi connectivity index (χ1v) is 4.41. The summed E-state index contributed by atoms with van der Waals surface area (Å²) in [6.07, 6.45) is -5.12. The van der Waals surface area contributed by atoms with E-state index in [9.17, 15) is 13.2 Å². The number of thiophene rings is 1. The Morgan fingerprint density at radius 1 is 1.46 bits per heavy atom. The van der Waals surface area contributed by atoms with Crippen LogP contribution in [0.5, 0.6) is 0 Å². The smallest absolute Gasteiger partial charge is 0.280 e. The van der Waals surface area contributed by atoms with E-state index in [1.165, 1.54) is 11.3 Å². The Labute approximate surface area is 75.4 Å². The predicted octanol–water partition coefficient (Wildman–Crippen LogP) is 2.73. The zero-order chi connectivity index (χ0) is 9.47. The summed E-state index contributed by atoms with van der Waals surface area (Å²) in [6, 6.07) is 1.64. The molecular weight excluding hydrogens is 201 g/mol. The zero-order valence-corrected chi connectivity index (χ0v) is 7.17. The number of aromatic nitrogens is 2. The molecule has 6 heteroatoms. The molecule has 2 nitrogen and oxygen atoms in total. The lowest BCUT2D eigenvalue weighted by Crippen LogP contribution is -2.11. The van der Waals surface area contributed by atoms with Gasteiger partial charge in [-0.25, -0.2) is 0 Å². The third-order valence-electron chi connectivity index (χ3n) is 1.64. The average Bonchev–Trinajstić information content (AvgIpc) is 2.50. The summed E-state index contributed by atoms with van der Waals surface area (Å²) in [4.78, 5) is 0.624. The van der Waals surface area contributed by atoms with Crippen LogP contribution in [0.2, 0.25) is 0 Å². The number of aromatic amines is 1. The van der Waals surface area contributed by atoms with E-state index < -0.39 is 12.6 Å². The van der Waals surface area contributed by atoms with Gasteiger partial charge < -0.3 is 0 Å². The van der Waals surface area contributed by atoms with Gasteiger partial charge in [0.1, 0.15) is 4.83 Å². The Hall–Kier alpha value is -1.04. The fourth-order valence-corrected chi connectivity index (χ4v) is 1.88. The largest absolute Gasteiger partial charge is 0.394 e. The first-order valence-electron chi connectivity index (χ1n) is 3.53. The zero-order valence-electron chi connectivity index (χ0n) is 6.35. The third kappa shape index (κ3) is 1.67. The third-order valence-corrected chi connectivity index (χ3v) is 2.45. The molecule has 0 saturated heterocycles. The van der Waals surface area contributed by atoms with Crippen LogP contribution in [0.4, 0.5) is 13.2 Å². The van der Waals surface area contributed by atoms with Crippen LogP contribution < -0.4 is 0 Å². The first-order chi connectivity index (χ1) is 6.06. The van der Waals surface area contributed by atoms with E-state index in [0.29, 0.717) is 10.2 Å². The minimum absolute atomic E-state index is 0.142. The topological polar surface area (TPSA) is 28.7 Å². The second-order valence-electron chi connectivity index (χ2n) is 2.63. The van der Waals surface area contributed by atoms with Crippen LogP contribution in [0.25, 0.3) is 10.2 Å². The lowest BCUT2D eigenvalue weighted by atomic mass is 10.2. The molecule has 2 heterocycles. The number of alkyl halides is 3. The molecule has 0 fully saturated rings. The van der Waals surface area contributed by atoms with E-state index in [0.717, 1.165) is 0 Å². The average molecular weight is 206 g/mol. The van der Waals surface area contributed by atoms with Gasteiger partial charge in [0.25, 0.3) is 0 Å². The quantitative estimate of drug-likeness (QED) is 0.763. The van der Waals surface area contributed by atoms with Crippen molar-refractivity contribution in [2.75, 3.05) is 0 Å². The van der Waals surface area contributed by atoms with Crippen molar-refractivity contribution in [2.24, 2.45) is 0 Å². The summed E-state index contributed by atoms with van der Waals surface area (Å²) in [6.45, 7) is 0. The summed E-state index contributed by atoms with van der Waals surface area (Å²) in [7, 11) is 0. The van der Waals surface area contributed by atoms with E-state index in [1.807, 2.05) is 0 Å². The van der Waals surface area contributed by atoms with Gasteiger partial charge in [-0.3, -0.25) is 5.10 Å². The summed E-state index contributed by atoms with van der Waals surface area (Å²) < 4.78 is 36.0. The summed E-state index contributed by atoms with van der Waals surface area (Å²) in [5, 5.41) is 8.45. The van der Waals surface area contributed by atoms with Crippen molar-refractivity contribution in [1.29, 1.82) is 0 Å². The lowest BCUT2D eigenvalue weighted by molar-refractivity contribution is -0.127. The number of hydrogen-bond acceptors (Lipinski definition) is 2. The summed E-state index contributed by atoms with van der Waals surface area (Å²) >= 11 is 1.32. The minimum atomic E-state index is -4.18. The number of rotatable bonds is 1. The van der Waals surface area contributed by atoms with Crippen molar-refractivity contribution in [2.45, 2.75) is 12.6 Å². The van der Waals surface area contributed by atoms with Crippen molar-refractivity contribution >= 4 is 21.6 Å². The maximum Gasteiger partial charge on any atom is 0.394 e. The molecular formula is C7H5F3N2S. The Bertz CT molecular complexity index is 414. The fourth-order valence-electron chi connectivity index (χ4n) is 1.13. The van der Waals surface area contributed by atoms with Gasteiger partial charge in [0, 0.05) is 5.39 Å². The van der Waals surface area contributed by atoms with Crippen LogP contribution in [-0.2, 0) is 6.42 Å². The Morgan fingerprint density at radius 3 is 2.92 bits per heavy atom. The second kappa shape index (κ2) is 2.73. The fraction of sp³-hybridized carbons (Fsp3) is 0.286. The molecule has 0 aliphatic heterocycles. The van der Waals surface area contributed by atoms with Crippen molar-refractivity contribution in [3.63, 3.8) is 0 Å². The number of fused-ring (bicyclic) bond motifs is 1. The molecule has 0 aliphatic carbocycles. The molecule has 2 rings (SSSR count). The normalized spacial score (nSPS) is 12.5. The highest BCUT2D eigenvalue weighted by Crippen LogP contribution is 2.27. The number of nitrogens with zero attached hydrogens (tertiary/aromatic N) is 1. The molecule has 2 aromatic heterocycles. The number of halogens is 3. The first kappa shape index (κ1) is 8.55. The van der Waals surface area contributed by atoms with Crippen LogP contribution in [0.15, 0.2) is 11.4 Å². The predicted molar refractivity (Wildman–Crippen MR) is 43.7 cm³/mol. The molecule has 0 radical (unpaired) electrons. The monoisotopic (exact) mass is 206 g/mol. The molecule has 0 bridgehead atoms. The van der Waals surface area contributed by atoms with E-state index in [1.54, 1.807) is 11.4 Å². The van der Waals surface area contributed by atoms with E-state index in [4.69, 9.17) is 0 Å². The highest BCUT2D eigenvalue weighted by molar-refractivity contribution is 7.16. The molecule has 0 spiro atoms. The molecule has 0 aliphatic rings. The molecule has 0 amide bonds. The molecule has 0 unspecified atom stereocenters. The number of hydrogen-bond donors (Lipinski definition) is 1. The van der Waals surface area contributed by atoms with Gasteiger partial charge in [0.05, 0.1) is 12.1 Å². The molecule has 70 valence electrons. The van der Waals surface area contributed by atoms with Crippen molar-refractivity contribution < 1.29 is 13.2 Å². The highest BCUT2D eigenvalue weighted by Gasteiger charge is 2.29. The van der Waals surface area contributed by atoms with E-state index in [-0.39, 0.29) is 5.69 Å². The van der Waals surface area contributed by atoms with Gasteiger partial charge >= 0.3 is 6.18 Å². The minimum Gasteiger partial charge on any atom is -0.280 e. The molecule has 0 atom stereocenters. The maximum absolute atomic E-state index is 12.0. The SMILES string of the molecule is FC(F)(F)Cc1[nH]nc2sccc12. The summed E-state index contributed by atoms with van der Waals surface area (Å²) in [5.41, 5.74) is 0.142. The van der Waals surface area contributed by atoms with Crippen LogP contribution in [-0.4, -0.2) is 16.4 Å². The van der Waals surface area contributed by atoms with Gasteiger partial charge in [-0.2, -0.15) is 18.3 Å². The Balaban J connectivity index is 2.38. The van der Waals surface area contributed by atoms with Gasteiger partial charge in [-0.15, -0.1) is 11.3 Å². The van der Waals surface area contributed by atoms with E-state index in [2.05, 4.69) is 10.2 Å². The van der Waals surface area contributed by atoms with Crippen molar-refractivity contribution in [1.82, 2.24) is 10.2 Å². The van der Waals surface area contributed by atoms with Gasteiger partial charge in [-0.1, -0.05) is 0 Å². The molecule has 1 N–H and O–H groups in total. The molecule has 0 aromatic carbocycles. The molecule has 13 heavy (non-hydrogen) atoms. The van der Waals surface area contributed by atoms with Crippen LogP contribution >= 0.6 is 11.3 Å². The standard InChI is InChI=1S/C7H5F3N2S/c8-7(9,10)3-5-4-1-2-13-6(4)12-11-5/h1-2H,3H2,(H,11,12). The Kier molecular flexibility index (Phi) is 1.80. The maximum atomic E-state index is 12.0. The second-order valence-corrected chi connectivity index (χ2v) is 3.53. The van der Waals surface area contributed by atoms with Crippen molar-refractivity contribution in [3.8, 4) is 0 Å². The highest BCUT2D eigenvalue weighted by atomic mass is 32.1. The van der Waals surface area contributed by atoms with Crippen LogP contribution in [0, 0.1) is 0 Å². The number of H-pyrrole nitrogens is 1. The van der Waals surface area contributed by atoms with Crippen LogP contribution in [0.3, 0.4) is 0 Å². The van der Waals surface area contributed by atoms with E-state index >= 15 is 0 Å². The number of nitrogens with one attached hydrogen (secondary N) is 1. The lowest BCUT2D eigenvalue weighted by Gasteiger charge is -2.02. The van der Waals surface area contributed by atoms with Gasteiger partial charge in [-0.05, 0) is 11.4 Å². The van der Waals surface area contributed by atoms with Crippen LogP contribution in [0.1, 0.15) is 5.69 Å².